The van der Waals surface area contributed by atoms with Crippen LogP contribution in [0.5, 0.6) is 34.8 Å². The molecule has 3 amide bonds. The van der Waals surface area contributed by atoms with E-state index >= 15 is 0 Å². The molecule has 0 saturated heterocycles. The summed E-state index contributed by atoms with van der Waals surface area (Å²) >= 11 is 0. The third kappa shape index (κ3) is 12.5. The first-order valence-corrected chi connectivity index (χ1v) is 28.2. The number of methoxy groups -OCH3 is 3. The molecule has 0 saturated carbocycles. The number of aliphatic imine (C=N–C) groups is 1. The zero-order valence-electron chi connectivity index (χ0n) is 48.1. The Kier molecular flexibility index (Phi) is 17.0. The smallest absolute Gasteiger partial charge is 0.333 e. The van der Waals surface area contributed by atoms with Crippen LogP contribution in [0.1, 0.15) is 109 Å². The van der Waals surface area contributed by atoms with Crippen molar-refractivity contribution in [3.8, 4) is 34.8 Å². The molecule has 19 nitrogen and oxygen atoms in total. The summed E-state index contributed by atoms with van der Waals surface area (Å²) in [5.74, 6) is -0.699. The van der Waals surface area contributed by atoms with E-state index in [9.17, 15) is 29.4 Å². The van der Waals surface area contributed by atoms with Crippen molar-refractivity contribution in [3.63, 3.8) is 0 Å². The average Bonchev–Trinajstić information content (AvgIpc) is 2.45. The Morgan fingerprint density at radius 2 is 1.40 bits per heavy atom. The highest BCUT2D eigenvalue weighted by molar-refractivity contribution is 6.15. The third-order valence-electron chi connectivity index (χ3n) is 16.2. The summed E-state index contributed by atoms with van der Waals surface area (Å²) < 4.78 is 37.6. The van der Waals surface area contributed by atoms with Crippen molar-refractivity contribution in [1.82, 2.24) is 4.73 Å². The minimum Gasteiger partial charge on any atom is -0.493 e. The van der Waals surface area contributed by atoms with Gasteiger partial charge in [-0.2, -0.15) is 0 Å². The van der Waals surface area contributed by atoms with Gasteiger partial charge in [-0.1, -0.05) is 49.4 Å². The van der Waals surface area contributed by atoms with Crippen LogP contribution in [0.2, 0.25) is 0 Å². The lowest BCUT2D eigenvalue weighted by Crippen LogP contribution is -2.39. The van der Waals surface area contributed by atoms with Gasteiger partial charge < -0.3 is 58.6 Å². The number of hydrogen-bond acceptors (Lipinski definition) is 15. The number of para-hydroxylation sites is 2. The first-order valence-electron chi connectivity index (χ1n) is 28.2. The van der Waals surface area contributed by atoms with Crippen molar-refractivity contribution in [2.75, 3.05) is 67.6 Å². The lowest BCUT2D eigenvalue weighted by Gasteiger charge is -2.31. The zero-order chi connectivity index (χ0) is 58.6. The summed E-state index contributed by atoms with van der Waals surface area (Å²) in [4.78, 5) is 71.8. The number of carbonyl (C=O) groups is 4. The Morgan fingerprint density at radius 1 is 0.735 bits per heavy atom. The molecule has 5 heterocycles. The van der Waals surface area contributed by atoms with E-state index in [1.54, 1.807) is 47.4 Å². The largest absolute Gasteiger partial charge is 0.493 e. The highest BCUT2D eigenvalue weighted by Crippen LogP contribution is 2.43. The fourth-order valence-corrected chi connectivity index (χ4v) is 11.2. The minimum absolute atomic E-state index is 0.0112. The van der Waals surface area contributed by atoms with E-state index in [-0.39, 0.29) is 74.4 Å². The number of nitrogens with one attached hydrogen (secondary N) is 1. The van der Waals surface area contributed by atoms with Crippen molar-refractivity contribution in [3.05, 3.63) is 137 Å². The summed E-state index contributed by atoms with van der Waals surface area (Å²) in [6.45, 7) is 9.20. The molecule has 10 rings (SSSR count). The molecule has 0 spiro atoms. The van der Waals surface area contributed by atoms with Gasteiger partial charge in [0.25, 0.3) is 11.8 Å². The van der Waals surface area contributed by atoms with Crippen LogP contribution in [0.15, 0.2) is 108 Å². The molecule has 0 fully saturated rings. The molecule has 4 aliphatic rings. The molecule has 3 unspecified atom stereocenters. The lowest BCUT2D eigenvalue weighted by atomic mass is 9.98. The molecule has 436 valence electrons. The first kappa shape index (κ1) is 57.7. The molecule has 0 radical (unpaired) electrons. The van der Waals surface area contributed by atoms with E-state index in [1.807, 2.05) is 86.3 Å². The number of anilines is 4. The van der Waals surface area contributed by atoms with E-state index < -0.39 is 23.3 Å². The highest BCUT2D eigenvalue weighted by Gasteiger charge is 2.39. The molecule has 19 heteroatoms. The van der Waals surface area contributed by atoms with Gasteiger partial charge >= 0.3 is 5.97 Å². The van der Waals surface area contributed by atoms with Crippen molar-refractivity contribution >= 4 is 58.3 Å². The Hall–Kier alpha value is -8.55. The summed E-state index contributed by atoms with van der Waals surface area (Å²) in [7, 11) is 4.74. The number of fused-ring (bicyclic) bond motifs is 8. The number of amides is 3. The fraction of sp³-hybridized carbons (Fsp3) is 0.391. The molecule has 1 aromatic heterocycles. The van der Waals surface area contributed by atoms with Gasteiger partial charge in [-0.3, -0.25) is 24.3 Å². The van der Waals surface area contributed by atoms with Gasteiger partial charge in [0, 0.05) is 93.4 Å². The SMILES string of the molecule is CCC(C)(CCOC(C)(C)CCC(=O)N(CCCC(=O)On1c(O)ccc1O)c1cc(CCOc2cc3c(cc2OC)C(=O)N2c4ccccc4CC2C=N3)cc(COc2cc3c(cc2OC)C(=O)N2c4ccccc4CC2CN3)c1)OC. The topological polar surface area (TPSA) is 212 Å². The molecule has 6 aromatic rings. The van der Waals surface area contributed by atoms with Gasteiger partial charge in [-0.15, -0.1) is 4.73 Å². The molecule has 0 bridgehead atoms. The standard InChI is InChI=1S/C64H72N6O13/c1-8-64(4,79-7)24-27-82-63(2,3)23-21-57(71)67(25-13-18-60(74)83-70-58(72)19-20-59(70)73)44-29-40(22-26-80-55-35-49-47(33-53(55)77-5)61(75)68-45(37-65-49)31-42-14-9-11-16-51(42)68)28-41(30-44)39-81-56-36-50-48(34-54(56)78-6)62(76)69-46(38-66-50)32-43-15-10-12-17-52(43)69/h9-12,14-17,19-20,28-30,33-37,45-46,66,72-73H,8,13,18,21-27,31-32,38-39H2,1-7H3. The van der Waals surface area contributed by atoms with E-state index in [2.05, 4.69) is 18.3 Å². The second-order valence-electron chi connectivity index (χ2n) is 22.2. The molecule has 5 aromatic carbocycles. The number of ether oxygens (including phenoxy) is 6. The average molecular weight is 1130 g/mol. The number of carbonyl (C=O) groups excluding carboxylic acids is 4. The van der Waals surface area contributed by atoms with Gasteiger partial charge in [-0.25, -0.2) is 4.79 Å². The minimum atomic E-state index is -0.742. The number of aromatic nitrogens is 1. The molecule has 83 heavy (non-hydrogen) atoms. The Balaban J connectivity index is 0.934. The summed E-state index contributed by atoms with van der Waals surface area (Å²) in [5, 5.41) is 23.8. The molecular formula is C64H72N6O13. The number of hydrogen-bond donors (Lipinski definition) is 3. The van der Waals surface area contributed by atoms with Crippen molar-refractivity contribution < 1.29 is 62.6 Å². The first-order chi connectivity index (χ1) is 40.0. The zero-order valence-corrected chi connectivity index (χ0v) is 48.1. The molecule has 0 aliphatic carbocycles. The molecular weight excluding hydrogens is 1060 g/mol. The third-order valence-corrected chi connectivity index (χ3v) is 16.2. The predicted octanol–water partition coefficient (Wildman–Crippen LogP) is 9.95. The maximum absolute atomic E-state index is 14.8. The van der Waals surface area contributed by atoms with Crippen LogP contribution in [0, 0.1) is 0 Å². The fourth-order valence-electron chi connectivity index (χ4n) is 11.2. The lowest BCUT2D eigenvalue weighted by molar-refractivity contribution is -0.145. The number of benzene rings is 5. The number of rotatable bonds is 24. The second-order valence-corrected chi connectivity index (χ2v) is 22.2. The maximum Gasteiger partial charge on any atom is 0.333 e. The Bertz CT molecular complexity index is 3420. The van der Waals surface area contributed by atoms with Gasteiger partial charge in [0.1, 0.15) is 6.61 Å². The Morgan fingerprint density at radius 3 is 2.11 bits per heavy atom. The van der Waals surface area contributed by atoms with Crippen molar-refractivity contribution in [1.29, 1.82) is 0 Å². The monoisotopic (exact) mass is 1130 g/mol. The quantitative estimate of drug-likeness (QED) is 0.0515. The maximum atomic E-state index is 14.8. The van der Waals surface area contributed by atoms with E-state index in [1.165, 1.54) is 26.4 Å². The van der Waals surface area contributed by atoms with Crippen LogP contribution in [0.25, 0.3) is 0 Å². The van der Waals surface area contributed by atoms with Gasteiger partial charge in [-0.05, 0) is 112 Å². The molecule has 3 atom stereocenters. The van der Waals surface area contributed by atoms with E-state index in [0.717, 1.165) is 40.9 Å². The van der Waals surface area contributed by atoms with Gasteiger partial charge in [0.05, 0.1) is 73.2 Å². The second kappa shape index (κ2) is 24.5. The van der Waals surface area contributed by atoms with Gasteiger partial charge in [0.15, 0.2) is 23.0 Å². The normalized spacial score (nSPS) is 16.5. The Labute approximate surface area is 483 Å². The number of aromatic hydroxyl groups is 2. The van der Waals surface area contributed by atoms with Crippen LogP contribution in [0.4, 0.5) is 28.4 Å². The van der Waals surface area contributed by atoms with Gasteiger partial charge in [0.2, 0.25) is 17.7 Å². The van der Waals surface area contributed by atoms with E-state index in [0.29, 0.717) is 100 Å². The van der Waals surface area contributed by atoms with Crippen LogP contribution in [-0.2, 0) is 44.9 Å². The predicted molar refractivity (Wildman–Crippen MR) is 315 cm³/mol. The molecule has 4 aliphatic heterocycles. The summed E-state index contributed by atoms with van der Waals surface area (Å²) in [6.07, 6.45) is 5.44. The van der Waals surface area contributed by atoms with Crippen LogP contribution >= 0.6 is 0 Å². The van der Waals surface area contributed by atoms with Crippen molar-refractivity contribution in [2.24, 2.45) is 4.99 Å². The van der Waals surface area contributed by atoms with Crippen LogP contribution < -0.4 is 43.8 Å². The summed E-state index contributed by atoms with van der Waals surface area (Å²) in [6, 6.07) is 30.5. The van der Waals surface area contributed by atoms with E-state index in [4.69, 9.17) is 38.3 Å². The van der Waals surface area contributed by atoms with Crippen molar-refractivity contribution in [2.45, 2.75) is 115 Å². The molecule has 3 N–H and O–H groups in total. The van der Waals surface area contributed by atoms with Crippen LogP contribution in [-0.4, -0.2) is 116 Å². The summed E-state index contributed by atoms with van der Waals surface area (Å²) in [5.41, 5.74) is 6.82. The number of nitrogens with zero attached hydrogens (tertiary/aromatic N) is 5. The van der Waals surface area contributed by atoms with Crippen LogP contribution in [0.3, 0.4) is 0 Å². The highest BCUT2D eigenvalue weighted by atomic mass is 16.7.